The van der Waals surface area contributed by atoms with E-state index in [0.29, 0.717) is 54.9 Å². The molecule has 0 spiro atoms. The third-order valence-electron chi connectivity index (χ3n) is 4.10. The van der Waals surface area contributed by atoms with E-state index in [2.05, 4.69) is 5.32 Å². The molecule has 2 rings (SSSR count). The number of halogens is 2. The van der Waals surface area contributed by atoms with E-state index < -0.39 is 5.76 Å². The Morgan fingerprint density at radius 3 is 2.64 bits per heavy atom. The number of hydrogen-bond donors (Lipinski definition) is 2. The van der Waals surface area contributed by atoms with Crippen molar-refractivity contribution in [2.24, 2.45) is 5.92 Å². The van der Waals surface area contributed by atoms with E-state index in [1.54, 1.807) is 31.2 Å². The summed E-state index contributed by atoms with van der Waals surface area (Å²) in [5.74, 6) is -3.00. The van der Waals surface area contributed by atoms with Crippen LogP contribution in [-0.4, -0.2) is 43.9 Å². The molecule has 2 N–H and O–H groups in total. The lowest BCUT2D eigenvalue weighted by Gasteiger charge is -2.27. The number of thioether (sulfide) groups is 1. The molecular weight excluding hydrogens is 350 g/mol. The highest BCUT2D eigenvalue weighted by atomic mass is 32.2. The number of carbonyl (C=O) groups is 2. The van der Waals surface area contributed by atoms with Crippen molar-refractivity contribution in [2.45, 2.75) is 30.4 Å². The first-order chi connectivity index (χ1) is 12.0. The number of rotatable bonds is 7. The van der Waals surface area contributed by atoms with Crippen LogP contribution in [0.15, 0.2) is 29.2 Å². The summed E-state index contributed by atoms with van der Waals surface area (Å²) in [4.78, 5) is 25.4. The van der Waals surface area contributed by atoms with Gasteiger partial charge in [-0.3, -0.25) is 9.59 Å². The Morgan fingerprint density at radius 2 is 2.00 bits per heavy atom. The van der Waals surface area contributed by atoms with Crippen LogP contribution in [0.3, 0.4) is 0 Å². The average Bonchev–Trinajstić information content (AvgIpc) is 2.57. The van der Waals surface area contributed by atoms with Gasteiger partial charge in [0, 0.05) is 17.7 Å². The minimum atomic E-state index is -2.54. The first kappa shape index (κ1) is 19.7. The van der Waals surface area contributed by atoms with Gasteiger partial charge in [-0.1, -0.05) is 23.9 Å². The van der Waals surface area contributed by atoms with Gasteiger partial charge in [-0.2, -0.15) is 8.78 Å². The summed E-state index contributed by atoms with van der Waals surface area (Å²) in [6.45, 7) is 3.84. The molecular formula is C17H23F2N2O3S+. The number of hydrogen-bond acceptors (Lipinski definition) is 4. The molecule has 0 saturated carbocycles. The van der Waals surface area contributed by atoms with Crippen LogP contribution >= 0.6 is 11.8 Å². The fourth-order valence-corrected chi connectivity index (χ4v) is 3.48. The maximum absolute atomic E-state index is 12.6. The second-order valence-electron chi connectivity index (χ2n) is 5.88. The van der Waals surface area contributed by atoms with Gasteiger partial charge in [0.2, 0.25) is 0 Å². The molecule has 0 aromatic heterocycles. The highest BCUT2D eigenvalue weighted by Gasteiger charge is 2.29. The zero-order valence-corrected chi connectivity index (χ0v) is 14.9. The fraction of sp³-hybridized carbons (Fsp3) is 0.529. The molecule has 0 radical (unpaired) electrons. The number of alkyl halides is 2. The topological polar surface area (TPSA) is 59.8 Å². The van der Waals surface area contributed by atoms with Gasteiger partial charge >= 0.3 is 5.97 Å². The lowest BCUT2D eigenvalue weighted by molar-refractivity contribution is -0.897. The van der Waals surface area contributed by atoms with Crippen molar-refractivity contribution in [1.82, 2.24) is 0 Å². The standard InChI is InChI=1S/C17H22F2N2O3S/c1-2-24-16(23)12-7-9-21(10-8-12)11-15(22)20-13-5-3-4-6-14(13)25-17(18)19/h3-6,12,17H,2,7-11H2,1H3,(H,20,22)/p+1. The molecule has 1 amide bonds. The molecule has 1 aromatic carbocycles. The monoisotopic (exact) mass is 373 g/mol. The van der Waals surface area contributed by atoms with Gasteiger partial charge < -0.3 is 15.0 Å². The molecule has 1 aliphatic rings. The van der Waals surface area contributed by atoms with E-state index in [1.807, 2.05) is 0 Å². The number of benzene rings is 1. The maximum atomic E-state index is 12.6. The van der Waals surface area contributed by atoms with Crippen LogP contribution < -0.4 is 10.2 Å². The Bertz CT molecular complexity index is 593. The van der Waals surface area contributed by atoms with Gasteiger partial charge in [0.25, 0.3) is 11.7 Å². The van der Waals surface area contributed by atoms with E-state index in [9.17, 15) is 18.4 Å². The van der Waals surface area contributed by atoms with Crippen LogP contribution in [0.5, 0.6) is 0 Å². The Kier molecular flexibility index (Phi) is 7.64. The van der Waals surface area contributed by atoms with Crippen molar-refractivity contribution < 1.29 is 28.0 Å². The lowest BCUT2D eigenvalue weighted by atomic mass is 9.97. The Morgan fingerprint density at radius 1 is 1.32 bits per heavy atom. The minimum absolute atomic E-state index is 0.0880. The molecule has 1 heterocycles. The quantitative estimate of drug-likeness (QED) is 0.565. The number of ether oxygens (including phenoxy) is 1. The van der Waals surface area contributed by atoms with E-state index >= 15 is 0 Å². The first-order valence-corrected chi connectivity index (χ1v) is 9.21. The Balaban J connectivity index is 1.83. The molecule has 5 nitrogen and oxygen atoms in total. The average molecular weight is 373 g/mol. The zero-order chi connectivity index (χ0) is 18.2. The second-order valence-corrected chi connectivity index (χ2v) is 6.91. The molecule has 0 bridgehead atoms. The maximum Gasteiger partial charge on any atom is 0.309 e. The molecule has 1 fully saturated rings. The number of amides is 1. The highest BCUT2D eigenvalue weighted by Crippen LogP contribution is 2.31. The summed E-state index contributed by atoms with van der Waals surface area (Å²) < 4.78 is 30.2. The highest BCUT2D eigenvalue weighted by molar-refractivity contribution is 7.99. The normalized spacial score (nSPS) is 20.3. The smallest absolute Gasteiger partial charge is 0.309 e. The summed E-state index contributed by atoms with van der Waals surface area (Å²) in [5.41, 5.74) is 0.401. The largest absolute Gasteiger partial charge is 0.466 e. The molecule has 8 heteroatoms. The van der Waals surface area contributed by atoms with Gasteiger partial charge in [0.1, 0.15) is 0 Å². The van der Waals surface area contributed by atoms with E-state index in [0.717, 1.165) is 4.90 Å². The van der Waals surface area contributed by atoms with Crippen LogP contribution in [-0.2, 0) is 14.3 Å². The number of piperidine rings is 1. The predicted octanol–water partition coefficient (Wildman–Crippen LogP) is 1.80. The van der Waals surface area contributed by atoms with Crippen LogP contribution in [0.1, 0.15) is 19.8 Å². The van der Waals surface area contributed by atoms with Crippen molar-refractivity contribution in [1.29, 1.82) is 0 Å². The molecule has 0 atom stereocenters. The fourth-order valence-electron chi connectivity index (χ4n) is 2.89. The van der Waals surface area contributed by atoms with Crippen molar-refractivity contribution in [3.8, 4) is 0 Å². The minimum Gasteiger partial charge on any atom is -0.466 e. The SMILES string of the molecule is CCOC(=O)C1CC[NH+](CC(=O)Nc2ccccc2SC(F)F)CC1. The molecule has 138 valence electrons. The van der Waals surface area contributed by atoms with Crippen LogP contribution in [0, 0.1) is 5.92 Å². The third kappa shape index (κ3) is 6.28. The molecule has 0 aliphatic carbocycles. The van der Waals surface area contributed by atoms with Crippen molar-refractivity contribution >= 4 is 29.3 Å². The summed E-state index contributed by atoms with van der Waals surface area (Å²) in [6.07, 6.45) is 1.39. The molecule has 1 saturated heterocycles. The predicted molar refractivity (Wildman–Crippen MR) is 91.9 cm³/mol. The van der Waals surface area contributed by atoms with E-state index in [4.69, 9.17) is 4.74 Å². The summed E-state index contributed by atoms with van der Waals surface area (Å²) >= 11 is 0.415. The van der Waals surface area contributed by atoms with Crippen LogP contribution in [0.25, 0.3) is 0 Å². The van der Waals surface area contributed by atoms with Gasteiger partial charge in [-0.25, -0.2) is 0 Å². The molecule has 0 unspecified atom stereocenters. The van der Waals surface area contributed by atoms with Gasteiger partial charge in [0.05, 0.1) is 31.3 Å². The van der Waals surface area contributed by atoms with Gasteiger partial charge in [0.15, 0.2) is 6.54 Å². The summed E-state index contributed by atoms with van der Waals surface area (Å²) in [5, 5.41) is 2.71. The first-order valence-electron chi connectivity index (χ1n) is 8.33. The number of para-hydroxylation sites is 1. The Hall–Kier alpha value is -1.67. The number of nitrogens with one attached hydrogen (secondary N) is 2. The number of carbonyl (C=O) groups excluding carboxylic acids is 2. The second kappa shape index (κ2) is 9.72. The zero-order valence-electron chi connectivity index (χ0n) is 14.1. The number of likely N-dealkylation sites (tertiary alicyclic amines) is 1. The molecule has 1 aliphatic heterocycles. The van der Waals surface area contributed by atoms with Crippen molar-refractivity contribution in [3.63, 3.8) is 0 Å². The van der Waals surface area contributed by atoms with E-state index in [-0.39, 0.29) is 24.3 Å². The number of anilines is 1. The molecule has 1 aromatic rings. The van der Waals surface area contributed by atoms with Gasteiger partial charge in [-0.05, 0) is 19.1 Å². The van der Waals surface area contributed by atoms with Crippen molar-refractivity contribution in [3.05, 3.63) is 24.3 Å². The third-order valence-corrected chi connectivity index (χ3v) is 4.89. The van der Waals surface area contributed by atoms with Gasteiger partial charge in [-0.15, -0.1) is 0 Å². The summed E-state index contributed by atoms with van der Waals surface area (Å²) in [6, 6.07) is 6.53. The van der Waals surface area contributed by atoms with E-state index in [1.165, 1.54) is 0 Å². The van der Waals surface area contributed by atoms with Crippen molar-refractivity contribution in [2.75, 3.05) is 31.6 Å². The van der Waals surface area contributed by atoms with Crippen LogP contribution in [0.4, 0.5) is 14.5 Å². The lowest BCUT2D eigenvalue weighted by Crippen LogP contribution is -3.14. The number of quaternary nitrogens is 1. The van der Waals surface area contributed by atoms with Crippen LogP contribution in [0.2, 0.25) is 0 Å². The summed E-state index contributed by atoms with van der Waals surface area (Å²) in [7, 11) is 0. The Labute approximate surface area is 150 Å². The molecule has 25 heavy (non-hydrogen) atoms. The number of esters is 1.